The van der Waals surface area contributed by atoms with Crippen molar-refractivity contribution in [3.63, 3.8) is 0 Å². The molecule has 0 saturated heterocycles. The molecule has 134 valence electrons. The van der Waals surface area contributed by atoms with E-state index in [1.54, 1.807) is 0 Å². The Morgan fingerprint density at radius 3 is 2.04 bits per heavy atom. The van der Waals surface area contributed by atoms with Crippen molar-refractivity contribution in [2.45, 2.75) is 0 Å². The molecule has 0 bridgehead atoms. The highest BCUT2D eigenvalue weighted by atomic mass is 16.5. The van der Waals surface area contributed by atoms with Crippen molar-refractivity contribution in [2.24, 2.45) is 0 Å². The van der Waals surface area contributed by atoms with E-state index in [0.29, 0.717) is 5.69 Å². The highest BCUT2D eigenvalue weighted by Gasteiger charge is 2.06. The van der Waals surface area contributed by atoms with Gasteiger partial charge in [0.25, 0.3) is 0 Å². The van der Waals surface area contributed by atoms with Crippen molar-refractivity contribution < 1.29 is 4.74 Å². The molecule has 0 unspecified atom stereocenters. The first-order valence-corrected chi connectivity index (χ1v) is 9.32. The summed E-state index contributed by atoms with van der Waals surface area (Å²) in [6, 6.07) is 35.1. The summed E-state index contributed by atoms with van der Waals surface area (Å²) in [6.07, 6.45) is 0. The van der Waals surface area contributed by atoms with Gasteiger partial charge in [-0.2, -0.15) is 0 Å². The van der Waals surface area contributed by atoms with Gasteiger partial charge in [-0.15, -0.1) is 0 Å². The third kappa shape index (κ3) is 3.06. The molecule has 0 radical (unpaired) electrons. The highest BCUT2D eigenvalue weighted by molar-refractivity contribution is 6.04. The van der Waals surface area contributed by atoms with Crippen molar-refractivity contribution in [1.82, 2.24) is 0 Å². The third-order valence-electron chi connectivity index (χ3n) is 5.01. The molecule has 5 rings (SSSR count). The summed E-state index contributed by atoms with van der Waals surface area (Å²) < 4.78 is 5.92. The third-order valence-corrected chi connectivity index (χ3v) is 5.01. The molecule has 0 aliphatic heterocycles. The van der Waals surface area contributed by atoms with Gasteiger partial charge in [0.15, 0.2) is 0 Å². The Morgan fingerprint density at radius 2 is 1.25 bits per heavy atom. The quantitative estimate of drug-likeness (QED) is 0.276. The Bertz CT molecular complexity index is 1290. The number of nitrogen functional groups attached to an aromatic ring is 1. The summed E-state index contributed by atoms with van der Waals surface area (Å²) in [5.41, 5.74) is 8.90. The maximum Gasteiger partial charge on any atom is 0.129 e. The molecule has 0 atom stereocenters. The maximum absolute atomic E-state index is 5.92. The smallest absolute Gasteiger partial charge is 0.129 e. The lowest BCUT2D eigenvalue weighted by molar-refractivity contribution is 0.483. The zero-order chi connectivity index (χ0) is 18.9. The number of anilines is 1. The van der Waals surface area contributed by atoms with Crippen LogP contribution in [-0.2, 0) is 0 Å². The van der Waals surface area contributed by atoms with Crippen LogP contribution in [0.15, 0.2) is 103 Å². The first-order valence-electron chi connectivity index (χ1n) is 9.32. The van der Waals surface area contributed by atoms with Gasteiger partial charge in [0.05, 0.1) is 0 Å². The number of hydrogen-bond acceptors (Lipinski definition) is 2. The first-order chi connectivity index (χ1) is 13.8. The number of nitrogens with two attached hydrogens (primary N) is 1. The van der Waals surface area contributed by atoms with Crippen molar-refractivity contribution >= 4 is 27.2 Å². The van der Waals surface area contributed by atoms with Gasteiger partial charge in [-0.1, -0.05) is 60.7 Å². The normalized spacial score (nSPS) is 11.0. The molecule has 0 aromatic heterocycles. The molecule has 0 aliphatic rings. The van der Waals surface area contributed by atoms with E-state index in [2.05, 4.69) is 66.7 Å². The van der Waals surface area contributed by atoms with E-state index in [1.165, 1.54) is 32.7 Å². The number of ether oxygens (including phenoxy) is 1. The van der Waals surface area contributed by atoms with Gasteiger partial charge in [-0.3, -0.25) is 0 Å². The standard InChI is InChI=1S/C26H19NO/c27-22-8-4-9-24(17-22)28-23-13-11-18(12-14-23)25-10-3-7-21-15-19-5-1-2-6-20(19)16-26(21)25/h1-17H,27H2. The minimum absolute atomic E-state index is 0.692. The van der Waals surface area contributed by atoms with Gasteiger partial charge in [0.1, 0.15) is 11.5 Å². The van der Waals surface area contributed by atoms with E-state index in [0.717, 1.165) is 11.5 Å². The van der Waals surface area contributed by atoms with Crippen LogP contribution in [0.5, 0.6) is 11.5 Å². The largest absolute Gasteiger partial charge is 0.457 e. The van der Waals surface area contributed by atoms with E-state index in [1.807, 2.05) is 36.4 Å². The minimum atomic E-state index is 0.692. The van der Waals surface area contributed by atoms with E-state index < -0.39 is 0 Å². The minimum Gasteiger partial charge on any atom is -0.457 e. The topological polar surface area (TPSA) is 35.2 Å². The second-order valence-corrected chi connectivity index (χ2v) is 6.92. The lowest BCUT2D eigenvalue weighted by Gasteiger charge is -2.10. The Morgan fingerprint density at radius 1 is 0.536 bits per heavy atom. The van der Waals surface area contributed by atoms with Crippen LogP contribution < -0.4 is 10.5 Å². The van der Waals surface area contributed by atoms with E-state index >= 15 is 0 Å². The summed E-state index contributed by atoms with van der Waals surface area (Å²) in [5.74, 6) is 1.53. The second kappa shape index (κ2) is 6.75. The molecule has 5 aromatic rings. The molecule has 2 N–H and O–H groups in total. The highest BCUT2D eigenvalue weighted by Crippen LogP contribution is 2.33. The predicted molar refractivity (Wildman–Crippen MR) is 118 cm³/mol. The maximum atomic E-state index is 5.92. The monoisotopic (exact) mass is 361 g/mol. The molecule has 2 nitrogen and oxygen atoms in total. The second-order valence-electron chi connectivity index (χ2n) is 6.92. The summed E-state index contributed by atoms with van der Waals surface area (Å²) in [6.45, 7) is 0. The number of benzene rings is 5. The van der Waals surface area contributed by atoms with Crippen LogP contribution in [-0.4, -0.2) is 0 Å². The average Bonchev–Trinajstić information content (AvgIpc) is 2.72. The summed E-state index contributed by atoms with van der Waals surface area (Å²) in [4.78, 5) is 0. The summed E-state index contributed by atoms with van der Waals surface area (Å²) >= 11 is 0. The lowest BCUT2D eigenvalue weighted by Crippen LogP contribution is -1.88. The summed E-state index contributed by atoms with van der Waals surface area (Å²) in [7, 11) is 0. The van der Waals surface area contributed by atoms with Crippen LogP contribution in [0.1, 0.15) is 0 Å². The lowest BCUT2D eigenvalue weighted by atomic mass is 9.95. The molecule has 2 heteroatoms. The molecule has 0 fully saturated rings. The van der Waals surface area contributed by atoms with Crippen molar-refractivity contribution in [2.75, 3.05) is 5.73 Å². The van der Waals surface area contributed by atoms with Gasteiger partial charge >= 0.3 is 0 Å². The van der Waals surface area contributed by atoms with Crippen molar-refractivity contribution in [3.05, 3.63) is 103 Å². The average molecular weight is 361 g/mol. The van der Waals surface area contributed by atoms with Crippen LogP contribution in [0.25, 0.3) is 32.7 Å². The van der Waals surface area contributed by atoms with Crippen LogP contribution in [0.2, 0.25) is 0 Å². The zero-order valence-electron chi connectivity index (χ0n) is 15.3. The van der Waals surface area contributed by atoms with Crippen LogP contribution in [0.3, 0.4) is 0 Å². The van der Waals surface area contributed by atoms with Gasteiger partial charge in [-0.05, 0) is 69.1 Å². The number of rotatable bonds is 3. The Kier molecular flexibility index (Phi) is 3.95. The first kappa shape index (κ1) is 16.4. The molecule has 0 aliphatic carbocycles. The molecular formula is C26H19NO. The Labute approximate surface area is 163 Å². The van der Waals surface area contributed by atoms with Crippen LogP contribution in [0.4, 0.5) is 5.69 Å². The van der Waals surface area contributed by atoms with Gasteiger partial charge < -0.3 is 10.5 Å². The van der Waals surface area contributed by atoms with Crippen LogP contribution >= 0.6 is 0 Å². The van der Waals surface area contributed by atoms with Gasteiger partial charge in [0.2, 0.25) is 0 Å². The van der Waals surface area contributed by atoms with E-state index in [9.17, 15) is 0 Å². The predicted octanol–water partition coefficient (Wildman–Crippen LogP) is 7.03. The molecule has 5 aromatic carbocycles. The molecular weight excluding hydrogens is 342 g/mol. The van der Waals surface area contributed by atoms with E-state index in [-0.39, 0.29) is 0 Å². The molecule has 0 spiro atoms. The molecule has 0 amide bonds. The van der Waals surface area contributed by atoms with Crippen molar-refractivity contribution in [3.8, 4) is 22.6 Å². The Balaban J connectivity index is 1.53. The zero-order valence-corrected chi connectivity index (χ0v) is 15.3. The Hall–Kier alpha value is -3.78. The SMILES string of the molecule is Nc1cccc(Oc2ccc(-c3cccc4cc5ccccc5cc34)cc2)c1. The van der Waals surface area contributed by atoms with E-state index in [4.69, 9.17) is 10.5 Å². The molecule has 28 heavy (non-hydrogen) atoms. The summed E-state index contributed by atoms with van der Waals surface area (Å²) in [5, 5.41) is 5.02. The van der Waals surface area contributed by atoms with Gasteiger partial charge in [-0.25, -0.2) is 0 Å². The number of fused-ring (bicyclic) bond motifs is 2. The molecule has 0 heterocycles. The van der Waals surface area contributed by atoms with Gasteiger partial charge in [0, 0.05) is 11.8 Å². The van der Waals surface area contributed by atoms with Crippen molar-refractivity contribution in [1.29, 1.82) is 0 Å². The fraction of sp³-hybridized carbons (Fsp3) is 0. The fourth-order valence-electron chi connectivity index (χ4n) is 3.64. The number of hydrogen-bond donors (Lipinski definition) is 1. The van der Waals surface area contributed by atoms with Crippen LogP contribution in [0, 0.1) is 0 Å². The fourth-order valence-corrected chi connectivity index (χ4v) is 3.64. The molecule has 0 saturated carbocycles.